The van der Waals surface area contributed by atoms with E-state index in [1.54, 1.807) is 0 Å². The molecule has 0 amide bonds. The Balaban J connectivity index is 3.50. The van der Waals surface area contributed by atoms with Crippen molar-refractivity contribution in [3.63, 3.8) is 0 Å². The third kappa shape index (κ3) is 8.28. The molecule has 2 nitrogen and oxygen atoms in total. The van der Waals surface area contributed by atoms with Gasteiger partial charge in [-0.3, -0.25) is 4.21 Å². The zero-order chi connectivity index (χ0) is 12.6. The average molecular weight is 247 g/mol. The summed E-state index contributed by atoms with van der Waals surface area (Å²) in [4.78, 5) is 0. The highest BCUT2D eigenvalue weighted by molar-refractivity contribution is 7.86. The molecule has 3 heteroatoms. The van der Waals surface area contributed by atoms with Gasteiger partial charge in [-0.2, -0.15) is 0 Å². The molecule has 0 fully saturated rings. The highest BCUT2D eigenvalue weighted by Gasteiger charge is 2.18. The van der Waals surface area contributed by atoms with E-state index in [9.17, 15) is 4.21 Å². The first-order chi connectivity index (χ1) is 7.38. The van der Waals surface area contributed by atoms with Crippen molar-refractivity contribution in [2.24, 2.45) is 0 Å². The van der Waals surface area contributed by atoms with Gasteiger partial charge in [0.15, 0.2) is 0 Å². The van der Waals surface area contributed by atoms with Crippen LogP contribution < -0.4 is 5.32 Å². The van der Waals surface area contributed by atoms with Crippen LogP contribution in [0.5, 0.6) is 0 Å². The summed E-state index contributed by atoms with van der Waals surface area (Å²) in [6.45, 7) is 11.7. The second-order valence-corrected chi connectivity index (χ2v) is 7.84. The van der Waals surface area contributed by atoms with E-state index in [1.165, 1.54) is 19.3 Å². The predicted molar refractivity (Wildman–Crippen MR) is 74.4 cm³/mol. The molecule has 2 unspecified atom stereocenters. The monoisotopic (exact) mass is 247 g/mol. The lowest BCUT2D eigenvalue weighted by atomic mass is 10.1. The van der Waals surface area contributed by atoms with Gasteiger partial charge < -0.3 is 5.32 Å². The highest BCUT2D eigenvalue weighted by atomic mass is 32.2. The molecule has 0 aliphatic heterocycles. The van der Waals surface area contributed by atoms with Gasteiger partial charge in [0, 0.05) is 27.3 Å². The van der Waals surface area contributed by atoms with Crippen molar-refractivity contribution in [1.29, 1.82) is 0 Å². The molecule has 0 heterocycles. The molecule has 0 aromatic heterocycles. The van der Waals surface area contributed by atoms with Crippen LogP contribution in [0.4, 0.5) is 0 Å². The number of hydrogen-bond acceptors (Lipinski definition) is 2. The number of nitrogens with one attached hydrogen (secondary N) is 1. The zero-order valence-corrected chi connectivity index (χ0v) is 12.5. The van der Waals surface area contributed by atoms with E-state index in [-0.39, 0.29) is 4.75 Å². The van der Waals surface area contributed by atoms with Gasteiger partial charge in [0.1, 0.15) is 0 Å². The molecule has 0 bridgehead atoms. The van der Waals surface area contributed by atoms with Crippen LogP contribution in [-0.4, -0.2) is 27.3 Å². The minimum absolute atomic E-state index is 0.0495. The van der Waals surface area contributed by atoms with E-state index in [1.807, 2.05) is 0 Å². The van der Waals surface area contributed by atoms with E-state index < -0.39 is 10.8 Å². The average Bonchev–Trinajstić information content (AvgIpc) is 2.19. The van der Waals surface area contributed by atoms with Gasteiger partial charge in [0.05, 0.1) is 0 Å². The van der Waals surface area contributed by atoms with Gasteiger partial charge in [0.2, 0.25) is 0 Å². The Bertz CT molecular complexity index is 199. The SMILES string of the molecule is CCCNC(C)CCCCS(=O)C(C)(C)C. The fourth-order valence-corrected chi connectivity index (χ4v) is 2.56. The Hall–Kier alpha value is 0.110. The topological polar surface area (TPSA) is 29.1 Å². The Morgan fingerprint density at radius 1 is 1.25 bits per heavy atom. The van der Waals surface area contributed by atoms with E-state index in [2.05, 4.69) is 39.9 Å². The fraction of sp³-hybridized carbons (Fsp3) is 1.00. The molecule has 0 saturated carbocycles. The first-order valence-electron chi connectivity index (χ1n) is 6.49. The summed E-state index contributed by atoms with van der Waals surface area (Å²) in [6.07, 6.45) is 4.65. The van der Waals surface area contributed by atoms with Gasteiger partial charge in [-0.15, -0.1) is 0 Å². The van der Waals surface area contributed by atoms with Crippen molar-refractivity contribution < 1.29 is 4.21 Å². The van der Waals surface area contributed by atoms with Crippen LogP contribution in [0.15, 0.2) is 0 Å². The number of hydrogen-bond donors (Lipinski definition) is 1. The smallest absolute Gasteiger partial charge is 0.0375 e. The summed E-state index contributed by atoms with van der Waals surface area (Å²) < 4.78 is 11.7. The van der Waals surface area contributed by atoms with Crippen molar-refractivity contribution in [1.82, 2.24) is 5.32 Å². The molecule has 16 heavy (non-hydrogen) atoms. The lowest BCUT2D eigenvalue weighted by molar-refractivity contribution is 0.495. The quantitative estimate of drug-likeness (QED) is 0.668. The maximum Gasteiger partial charge on any atom is 0.0375 e. The second-order valence-electron chi connectivity index (χ2n) is 5.51. The van der Waals surface area contributed by atoms with Crippen LogP contribution in [0.3, 0.4) is 0 Å². The van der Waals surface area contributed by atoms with E-state index in [0.29, 0.717) is 6.04 Å². The van der Waals surface area contributed by atoms with E-state index >= 15 is 0 Å². The Labute approximate surface area is 104 Å². The van der Waals surface area contributed by atoms with Gasteiger partial charge >= 0.3 is 0 Å². The van der Waals surface area contributed by atoms with Crippen molar-refractivity contribution in [3.05, 3.63) is 0 Å². The molecule has 0 aliphatic rings. The first kappa shape index (κ1) is 16.1. The van der Waals surface area contributed by atoms with E-state index in [0.717, 1.165) is 18.7 Å². The van der Waals surface area contributed by atoms with Crippen LogP contribution in [0.1, 0.15) is 60.3 Å². The first-order valence-corrected chi connectivity index (χ1v) is 7.81. The maximum absolute atomic E-state index is 11.8. The highest BCUT2D eigenvalue weighted by Crippen LogP contribution is 2.13. The Kier molecular flexibility index (Phi) is 8.29. The molecular formula is C13H29NOS. The van der Waals surface area contributed by atoms with Crippen molar-refractivity contribution in [2.45, 2.75) is 71.1 Å². The largest absolute Gasteiger partial charge is 0.314 e. The molecular weight excluding hydrogens is 218 g/mol. The summed E-state index contributed by atoms with van der Waals surface area (Å²) >= 11 is 0. The third-order valence-corrected chi connectivity index (χ3v) is 4.67. The summed E-state index contributed by atoms with van der Waals surface area (Å²) in [7, 11) is -0.678. The standard InChI is InChI=1S/C13H29NOS/c1-6-10-14-12(2)9-7-8-11-16(15)13(3,4)5/h12,14H,6-11H2,1-5H3. The van der Waals surface area contributed by atoms with Gasteiger partial charge in [0.25, 0.3) is 0 Å². The van der Waals surface area contributed by atoms with Crippen LogP contribution in [0, 0.1) is 0 Å². The molecule has 0 rings (SSSR count). The molecule has 2 atom stereocenters. The van der Waals surface area contributed by atoms with Crippen molar-refractivity contribution in [2.75, 3.05) is 12.3 Å². The lowest BCUT2D eigenvalue weighted by Gasteiger charge is -2.18. The molecule has 98 valence electrons. The fourth-order valence-electron chi connectivity index (χ4n) is 1.48. The minimum Gasteiger partial charge on any atom is -0.314 e. The number of rotatable bonds is 8. The third-order valence-electron chi connectivity index (χ3n) is 2.64. The van der Waals surface area contributed by atoms with Gasteiger partial charge in [-0.1, -0.05) is 13.3 Å². The zero-order valence-electron chi connectivity index (χ0n) is 11.6. The second kappa shape index (κ2) is 8.24. The van der Waals surface area contributed by atoms with Crippen LogP contribution in [0.2, 0.25) is 0 Å². The maximum atomic E-state index is 11.8. The summed E-state index contributed by atoms with van der Waals surface area (Å²) in [6, 6.07) is 0.600. The van der Waals surface area contributed by atoms with Crippen molar-refractivity contribution in [3.8, 4) is 0 Å². The summed E-state index contributed by atoms with van der Waals surface area (Å²) in [5, 5.41) is 3.47. The predicted octanol–water partition coefficient (Wildman–Crippen LogP) is 3.09. The minimum atomic E-state index is -0.678. The van der Waals surface area contributed by atoms with Gasteiger partial charge in [-0.25, -0.2) is 0 Å². The lowest BCUT2D eigenvalue weighted by Crippen LogP contribution is -2.27. The number of unbranched alkanes of at least 4 members (excludes halogenated alkanes) is 1. The molecule has 0 aromatic carbocycles. The summed E-state index contributed by atoms with van der Waals surface area (Å²) in [5.74, 6) is 0.851. The van der Waals surface area contributed by atoms with E-state index in [4.69, 9.17) is 0 Å². The van der Waals surface area contributed by atoms with Crippen molar-refractivity contribution >= 4 is 10.8 Å². The summed E-state index contributed by atoms with van der Waals surface area (Å²) in [5.41, 5.74) is 0. The molecule has 0 saturated heterocycles. The van der Waals surface area contributed by atoms with Crippen LogP contribution in [-0.2, 0) is 10.8 Å². The van der Waals surface area contributed by atoms with Gasteiger partial charge in [-0.05, 0) is 53.5 Å². The molecule has 0 aromatic rings. The Morgan fingerprint density at radius 3 is 2.38 bits per heavy atom. The Morgan fingerprint density at radius 2 is 1.88 bits per heavy atom. The molecule has 0 radical (unpaired) electrons. The van der Waals surface area contributed by atoms with Crippen LogP contribution in [0.25, 0.3) is 0 Å². The normalized spacial score (nSPS) is 16.1. The molecule has 0 spiro atoms. The molecule has 0 aliphatic carbocycles. The van der Waals surface area contributed by atoms with Crippen LogP contribution >= 0.6 is 0 Å². The molecule has 1 N–H and O–H groups in total.